The fourth-order valence-electron chi connectivity index (χ4n) is 3.61. The molecule has 0 bridgehead atoms. The zero-order valence-electron chi connectivity index (χ0n) is 15.4. The summed E-state index contributed by atoms with van der Waals surface area (Å²) in [5, 5.41) is 2.95. The third-order valence-electron chi connectivity index (χ3n) is 4.86. The van der Waals surface area contributed by atoms with Crippen molar-refractivity contribution in [2.45, 2.75) is 38.3 Å². The Morgan fingerprint density at radius 3 is 2.56 bits per heavy atom. The normalized spacial score (nSPS) is 17.7. The Balaban J connectivity index is 1.86. The molecule has 1 amide bonds. The van der Waals surface area contributed by atoms with Crippen molar-refractivity contribution in [3.05, 3.63) is 65.5 Å². The molecule has 3 rings (SSSR count). The summed E-state index contributed by atoms with van der Waals surface area (Å²) in [6, 6.07) is 12.2. The lowest BCUT2D eigenvalue weighted by atomic mass is 9.87. The van der Waals surface area contributed by atoms with Crippen molar-refractivity contribution in [2.24, 2.45) is 0 Å². The molecule has 144 valence electrons. The van der Waals surface area contributed by atoms with E-state index in [2.05, 4.69) is 5.32 Å². The maximum atomic E-state index is 14.2. The predicted octanol–water partition coefficient (Wildman–Crippen LogP) is 3.17. The van der Waals surface area contributed by atoms with Crippen LogP contribution in [0.2, 0.25) is 0 Å². The summed E-state index contributed by atoms with van der Waals surface area (Å²) in [6.45, 7) is 1.47. The van der Waals surface area contributed by atoms with Crippen LogP contribution in [-0.4, -0.2) is 26.6 Å². The molecule has 1 aliphatic carbocycles. The molecule has 7 heteroatoms. The smallest absolute Gasteiger partial charge is 0.244 e. The van der Waals surface area contributed by atoms with Gasteiger partial charge >= 0.3 is 0 Å². The van der Waals surface area contributed by atoms with Crippen molar-refractivity contribution in [1.82, 2.24) is 5.32 Å². The van der Waals surface area contributed by atoms with Gasteiger partial charge in [0.2, 0.25) is 15.9 Å². The van der Waals surface area contributed by atoms with Gasteiger partial charge in [0.15, 0.2) is 0 Å². The molecule has 2 atom stereocenters. The second-order valence-electron chi connectivity index (χ2n) is 6.84. The number of carbonyl (C=O) groups is 1. The standard InChI is InChI=1S/C20H23FN2O3S/c1-14(23(27(2,25)26)19-13-6-5-11-17(19)21)20(24)22-18-12-7-9-15-8-3-4-10-16(15)18/h3-6,8,10-11,13-14,18H,7,9,12H2,1-2H3,(H,22,24)/t14-,18+/m1/s1. The number of nitrogens with one attached hydrogen (secondary N) is 1. The van der Waals surface area contributed by atoms with E-state index < -0.39 is 27.8 Å². The minimum atomic E-state index is -3.85. The van der Waals surface area contributed by atoms with Crippen molar-refractivity contribution in [3.63, 3.8) is 0 Å². The maximum absolute atomic E-state index is 14.2. The summed E-state index contributed by atoms with van der Waals surface area (Å²) >= 11 is 0. The first kappa shape index (κ1) is 19.4. The third-order valence-corrected chi connectivity index (χ3v) is 6.09. The SMILES string of the molecule is C[C@H](C(=O)N[C@H]1CCCc2ccccc21)N(c1ccccc1F)S(C)(=O)=O. The summed E-state index contributed by atoms with van der Waals surface area (Å²) in [5.41, 5.74) is 2.11. The van der Waals surface area contributed by atoms with E-state index in [4.69, 9.17) is 0 Å². The zero-order chi connectivity index (χ0) is 19.6. The highest BCUT2D eigenvalue weighted by Gasteiger charge is 2.32. The van der Waals surface area contributed by atoms with Gasteiger partial charge in [0.05, 0.1) is 18.0 Å². The first-order valence-electron chi connectivity index (χ1n) is 8.91. The number of hydrogen-bond donors (Lipinski definition) is 1. The van der Waals surface area contributed by atoms with Gasteiger partial charge < -0.3 is 5.32 Å². The number of benzene rings is 2. The van der Waals surface area contributed by atoms with Crippen LogP contribution in [0.25, 0.3) is 0 Å². The summed E-state index contributed by atoms with van der Waals surface area (Å²) in [6.07, 6.45) is 3.66. The molecule has 27 heavy (non-hydrogen) atoms. The van der Waals surface area contributed by atoms with Gasteiger partial charge in [-0.3, -0.25) is 9.10 Å². The van der Waals surface area contributed by atoms with Crippen LogP contribution >= 0.6 is 0 Å². The third kappa shape index (κ3) is 4.13. The minimum Gasteiger partial charge on any atom is -0.347 e. The Bertz CT molecular complexity index is 946. The number of para-hydroxylation sites is 1. The van der Waals surface area contributed by atoms with Crippen LogP contribution in [0.3, 0.4) is 0 Å². The topological polar surface area (TPSA) is 66.5 Å². The second kappa shape index (κ2) is 7.68. The molecule has 2 aromatic rings. The molecule has 0 radical (unpaired) electrons. The van der Waals surface area contributed by atoms with E-state index >= 15 is 0 Å². The molecule has 0 fully saturated rings. The number of halogens is 1. The van der Waals surface area contributed by atoms with Gasteiger partial charge in [0, 0.05) is 0 Å². The Morgan fingerprint density at radius 1 is 1.19 bits per heavy atom. The average molecular weight is 390 g/mol. The summed E-state index contributed by atoms with van der Waals surface area (Å²) in [7, 11) is -3.85. The molecule has 2 aromatic carbocycles. The average Bonchev–Trinajstić information content (AvgIpc) is 2.62. The quantitative estimate of drug-likeness (QED) is 0.853. The lowest BCUT2D eigenvalue weighted by Gasteiger charge is -2.31. The molecule has 0 saturated heterocycles. The number of hydrogen-bond acceptors (Lipinski definition) is 3. The van der Waals surface area contributed by atoms with E-state index in [9.17, 15) is 17.6 Å². The van der Waals surface area contributed by atoms with Crippen molar-refractivity contribution >= 4 is 21.6 Å². The number of sulfonamides is 1. The van der Waals surface area contributed by atoms with Crippen molar-refractivity contribution in [1.29, 1.82) is 0 Å². The van der Waals surface area contributed by atoms with Gasteiger partial charge in [-0.05, 0) is 49.4 Å². The first-order chi connectivity index (χ1) is 12.8. The van der Waals surface area contributed by atoms with Crippen LogP contribution in [-0.2, 0) is 21.2 Å². The van der Waals surface area contributed by atoms with Gasteiger partial charge in [-0.15, -0.1) is 0 Å². The Morgan fingerprint density at radius 2 is 1.85 bits per heavy atom. The molecule has 1 aliphatic rings. The molecule has 0 aromatic heterocycles. The monoisotopic (exact) mass is 390 g/mol. The first-order valence-corrected chi connectivity index (χ1v) is 10.8. The van der Waals surface area contributed by atoms with E-state index in [1.807, 2.05) is 24.3 Å². The summed E-state index contributed by atoms with van der Waals surface area (Å²) in [5.74, 6) is -1.14. The largest absolute Gasteiger partial charge is 0.347 e. The van der Waals surface area contributed by atoms with Crippen molar-refractivity contribution < 1.29 is 17.6 Å². The molecular formula is C20H23FN2O3S. The molecule has 0 spiro atoms. The lowest BCUT2D eigenvalue weighted by molar-refractivity contribution is -0.122. The van der Waals surface area contributed by atoms with Crippen LogP contribution in [0.5, 0.6) is 0 Å². The number of fused-ring (bicyclic) bond motifs is 1. The number of aryl methyl sites for hydroxylation is 1. The molecule has 5 nitrogen and oxygen atoms in total. The Hall–Kier alpha value is -2.41. The fraction of sp³-hybridized carbons (Fsp3) is 0.350. The Labute approximate surface area is 159 Å². The van der Waals surface area contributed by atoms with E-state index in [0.29, 0.717) is 0 Å². The van der Waals surface area contributed by atoms with E-state index in [1.165, 1.54) is 30.7 Å². The van der Waals surface area contributed by atoms with Gasteiger partial charge in [-0.1, -0.05) is 36.4 Å². The number of rotatable bonds is 5. The highest BCUT2D eigenvalue weighted by molar-refractivity contribution is 7.92. The van der Waals surface area contributed by atoms with Crippen molar-refractivity contribution in [3.8, 4) is 0 Å². The van der Waals surface area contributed by atoms with E-state index in [0.717, 1.165) is 35.4 Å². The van der Waals surface area contributed by atoms with Crippen LogP contribution in [0, 0.1) is 5.82 Å². The molecule has 0 aliphatic heterocycles. The highest BCUT2D eigenvalue weighted by Crippen LogP contribution is 2.30. The lowest BCUT2D eigenvalue weighted by Crippen LogP contribution is -2.49. The second-order valence-corrected chi connectivity index (χ2v) is 8.70. The van der Waals surface area contributed by atoms with Gasteiger partial charge in [0.25, 0.3) is 0 Å². The molecule has 0 saturated carbocycles. The van der Waals surface area contributed by atoms with Crippen LogP contribution in [0.4, 0.5) is 10.1 Å². The van der Waals surface area contributed by atoms with Gasteiger partial charge in [-0.25, -0.2) is 12.8 Å². The van der Waals surface area contributed by atoms with Crippen LogP contribution in [0.15, 0.2) is 48.5 Å². The van der Waals surface area contributed by atoms with E-state index in [-0.39, 0.29) is 11.7 Å². The highest BCUT2D eigenvalue weighted by atomic mass is 32.2. The van der Waals surface area contributed by atoms with Crippen molar-refractivity contribution in [2.75, 3.05) is 10.6 Å². The molecule has 0 heterocycles. The number of amides is 1. The number of anilines is 1. The number of carbonyl (C=O) groups excluding carboxylic acids is 1. The summed E-state index contributed by atoms with van der Waals surface area (Å²) < 4.78 is 39.7. The minimum absolute atomic E-state index is 0.133. The molecule has 1 N–H and O–H groups in total. The van der Waals surface area contributed by atoms with Gasteiger partial charge in [0.1, 0.15) is 11.9 Å². The van der Waals surface area contributed by atoms with Gasteiger partial charge in [-0.2, -0.15) is 0 Å². The molecule has 0 unspecified atom stereocenters. The Kier molecular flexibility index (Phi) is 5.51. The van der Waals surface area contributed by atoms with Crippen LogP contribution < -0.4 is 9.62 Å². The van der Waals surface area contributed by atoms with Crippen LogP contribution in [0.1, 0.15) is 36.9 Å². The zero-order valence-corrected chi connectivity index (χ0v) is 16.2. The predicted molar refractivity (Wildman–Crippen MR) is 103 cm³/mol. The maximum Gasteiger partial charge on any atom is 0.244 e. The summed E-state index contributed by atoms with van der Waals surface area (Å²) in [4.78, 5) is 12.9. The molecular weight excluding hydrogens is 367 g/mol. The van der Waals surface area contributed by atoms with E-state index in [1.54, 1.807) is 6.07 Å². The fourth-order valence-corrected chi connectivity index (χ4v) is 4.78. The number of nitrogens with zero attached hydrogens (tertiary/aromatic N) is 1.